The van der Waals surface area contributed by atoms with E-state index in [-0.39, 0.29) is 69.9 Å². The zero-order valence-corrected chi connectivity index (χ0v) is 58.9. The number of halogens is 5. The number of para-hydroxylation sites is 2. The number of fused-ring (bicyclic) bond motifs is 6. The lowest BCUT2D eigenvalue weighted by Gasteiger charge is -2.22. The van der Waals surface area contributed by atoms with Gasteiger partial charge < -0.3 is 18.9 Å². The summed E-state index contributed by atoms with van der Waals surface area (Å²) < 4.78 is 163. The van der Waals surface area contributed by atoms with Gasteiger partial charge in [0.05, 0.1) is 56.8 Å². The minimum Gasteiger partial charge on any atom is -0.486 e. The number of ether oxygens (including phenoxy) is 4. The number of rotatable bonds is 6. The first-order chi connectivity index (χ1) is 40.8. The third-order valence-electron chi connectivity index (χ3n) is 13.7. The van der Waals surface area contributed by atoms with Gasteiger partial charge in [-0.25, -0.2) is 80.7 Å². The molecule has 520 valence electrons. The van der Waals surface area contributed by atoms with E-state index in [0.29, 0.717) is 67.1 Å². The minimum atomic E-state index is -3.77. The van der Waals surface area contributed by atoms with E-state index in [0.717, 1.165) is 53.8 Å². The maximum atomic E-state index is 13.1. The van der Waals surface area contributed by atoms with Gasteiger partial charge in [0, 0.05) is 51.6 Å². The zero-order chi connectivity index (χ0) is 65.3. The highest BCUT2D eigenvalue weighted by molar-refractivity contribution is 8.13. The van der Waals surface area contributed by atoms with Gasteiger partial charge in [0.15, 0.2) is 23.0 Å². The van der Waals surface area contributed by atoms with Crippen LogP contribution in [0.3, 0.4) is 0 Å². The lowest BCUT2D eigenvalue weighted by atomic mass is 10.1. The smallest absolute Gasteiger partial charge is 0.486 e. The van der Waals surface area contributed by atoms with E-state index in [9.17, 15) is 50.5 Å². The zero-order valence-electron chi connectivity index (χ0n) is 49.1. The first-order valence-electron chi connectivity index (χ1n) is 27.0. The van der Waals surface area contributed by atoms with E-state index in [2.05, 4.69) is 41.9 Å². The average molecular weight is 1530 g/mol. The number of hydrogen-bond donors (Lipinski definition) is 0. The fraction of sp³-hybridized carbons (Fsp3) is 0.419. The summed E-state index contributed by atoms with van der Waals surface area (Å²) in [6, 6.07) is 37.3. The molecule has 0 bridgehead atoms. The lowest BCUT2D eigenvalue weighted by Crippen LogP contribution is -2.34. The van der Waals surface area contributed by atoms with Crippen molar-refractivity contribution in [2.45, 2.75) is 130 Å². The topological polar surface area (TPSA) is 251 Å². The Morgan fingerprint density at radius 2 is 0.656 bits per heavy atom. The van der Waals surface area contributed by atoms with Crippen LogP contribution in [-0.2, 0) is 90.1 Å². The summed E-state index contributed by atoms with van der Waals surface area (Å²) in [6.07, 6.45) is 9.25. The molecule has 5 aliphatic heterocycles. The Morgan fingerprint density at radius 3 is 1.01 bits per heavy atom. The van der Waals surface area contributed by atoms with Crippen LogP contribution >= 0.6 is 51.5 Å². The Kier molecular flexibility index (Phi) is 33.8. The van der Waals surface area contributed by atoms with Crippen LogP contribution in [0.4, 0.5) is 17.1 Å². The molecule has 6 aliphatic rings. The molecule has 5 heterocycles. The second kappa shape index (κ2) is 36.3. The molecule has 0 radical (unpaired) electrons. The fourth-order valence-corrected chi connectivity index (χ4v) is 16.5. The molecule has 0 N–H and O–H groups in total. The molecule has 6 aromatic carbocycles. The van der Waals surface area contributed by atoms with Crippen molar-refractivity contribution in [2.75, 3.05) is 64.4 Å². The molecule has 0 amide bonds. The van der Waals surface area contributed by atoms with E-state index in [4.69, 9.17) is 59.8 Å². The largest absolute Gasteiger partial charge is 0.643 e. The highest BCUT2D eigenvalue weighted by Gasteiger charge is 2.35. The minimum absolute atomic E-state index is 0. The van der Waals surface area contributed by atoms with Crippen molar-refractivity contribution < 1.29 is 69.5 Å². The molecule has 0 spiro atoms. The molecule has 0 fully saturated rings. The third-order valence-corrected chi connectivity index (χ3v) is 20.7. The summed E-state index contributed by atoms with van der Waals surface area (Å²) in [7, 11) is 4.16. The average Bonchev–Trinajstić information content (AvgIpc) is 1.72. The van der Waals surface area contributed by atoms with Crippen molar-refractivity contribution in [3.63, 3.8) is 0 Å². The molecule has 0 saturated heterocycles. The van der Waals surface area contributed by atoms with Crippen LogP contribution < -0.4 is 31.9 Å². The van der Waals surface area contributed by atoms with Crippen molar-refractivity contribution in [2.24, 2.45) is 5.92 Å². The number of nitrogens with zero attached hydrogens (tertiary/aromatic N) is 3. The molecule has 3 unspecified atom stereocenters. The van der Waals surface area contributed by atoms with Gasteiger partial charge in [-0.05, 0) is 141 Å². The molecule has 0 saturated carbocycles. The van der Waals surface area contributed by atoms with Crippen molar-refractivity contribution in [1.82, 2.24) is 0 Å². The Labute approximate surface area is 580 Å². The fourth-order valence-electron chi connectivity index (χ4n) is 10.6. The molecular weight excluding hydrogens is 1440 g/mol. The monoisotopic (exact) mass is 1520 g/mol. The Bertz CT molecular complexity index is 4050. The summed E-state index contributed by atoms with van der Waals surface area (Å²) >= 11 is -1.72. The third kappa shape index (κ3) is 24.6. The lowest BCUT2D eigenvalue weighted by molar-refractivity contribution is 0.171. The van der Waals surface area contributed by atoms with Crippen molar-refractivity contribution in [1.29, 1.82) is 0 Å². The summed E-state index contributed by atoms with van der Waals surface area (Å²) in [5, 5.41) is 0. The maximum Gasteiger partial charge on any atom is 0.643 e. The normalized spacial score (nSPS) is 16.9. The van der Waals surface area contributed by atoms with Gasteiger partial charge in [-0.1, -0.05) is 105 Å². The van der Waals surface area contributed by atoms with Gasteiger partial charge >= 0.3 is 11.4 Å². The first-order valence-corrected chi connectivity index (χ1v) is 44.3. The molecule has 3 atom stereocenters. The standard InChI is InChI=1S/C18H19NO6S2.2C10H13NO2S.C10H12.C8H7ClO4S.CH3ClO2S.5CH4.Al.3ClH/c1-12-9-13-10-14(3-5-16(13)19(12)26(2,20)21)27(22,23)15-4-6-17-18(11-15)25-8-7-24-17;2*1-8-7-9-5-3-4-6-10(9)11(8)14(2,12)13;1-8-6-9-4-2-3-5-10(9)7-8;9-14(10,11)6-1-2-7-8(5-6)13-4-3-12-7;1-5(2,3)4;;;;;;;;;/h3-6,10-12H,7-9H2,1-2H3;2*3-6,8H,7H2,1-2H3;2-5,8H,6-7H2,1H3;1-2,5H,3-4H2;1H3;5*1H4;;3*1H/q;;;;;;;;;;;+3;;;/p-3. The Morgan fingerprint density at radius 1 is 0.376 bits per heavy atom. The van der Waals surface area contributed by atoms with Gasteiger partial charge in [-0.2, -0.15) is 0 Å². The van der Waals surface area contributed by atoms with Gasteiger partial charge in [-0.15, -0.1) is 0 Å². The number of sulfone groups is 1. The molecule has 19 nitrogen and oxygen atoms in total. The van der Waals surface area contributed by atoms with Crippen molar-refractivity contribution in [3.05, 3.63) is 155 Å². The second-order valence-corrected chi connectivity index (χ2v) is 40.7. The van der Waals surface area contributed by atoms with Crippen LogP contribution in [0.25, 0.3) is 0 Å². The van der Waals surface area contributed by atoms with Crippen molar-refractivity contribution >= 4 is 138 Å². The molecular formula is C62H87AlCl5N3O16S6. The predicted octanol–water partition coefficient (Wildman–Crippen LogP) is 13.7. The Balaban J connectivity index is 0.000000575. The Hall–Kier alpha value is -4.40. The summed E-state index contributed by atoms with van der Waals surface area (Å²) in [5.41, 5.74) is 8.27. The van der Waals surface area contributed by atoms with Crippen LogP contribution in [0.5, 0.6) is 23.0 Å². The van der Waals surface area contributed by atoms with Crippen LogP contribution in [0, 0.1) is 5.92 Å². The summed E-state index contributed by atoms with van der Waals surface area (Å²) in [4.78, 5) is 0.251. The second-order valence-electron chi connectivity index (χ2n) is 21.1. The number of benzene rings is 6. The molecule has 1 aliphatic carbocycles. The predicted molar refractivity (Wildman–Crippen MR) is 385 cm³/mol. The van der Waals surface area contributed by atoms with Crippen molar-refractivity contribution in [3.8, 4) is 23.0 Å². The SMILES string of the molecule is C.C.C.C.C.CC1Cc2cc(S(=O)(=O)c3ccc4c(c3)OCCO4)ccc2N1S(C)(=O)=O.CC1Cc2ccccc2C1.CC1Cc2ccccc2N1S(C)(=O)=O.CC1Cc2ccccc2N1S(C)(=O)=O.CS(=O)(=O)Cl.O=S(=O)(Cl)c1ccc2c(c1)OCCO2.[Cl][Al]([Cl])[Cl]. The van der Waals surface area contributed by atoms with Crippen LogP contribution in [0.2, 0.25) is 0 Å². The number of hydrogen-bond acceptors (Lipinski definition) is 16. The summed E-state index contributed by atoms with van der Waals surface area (Å²) in [6.45, 7) is 9.67. The quantitative estimate of drug-likeness (QED) is 0.111. The highest BCUT2D eigenvalue weighted by atomic mass is 35.8. The first kappa shape index (κ1) is 86.6. The van der Waals surface area contributed by atoms with E-state index < -0.39 is 69.4 Å². The van der Waals surface area contributed by atoms with Gasteiger partial charge in [0.2, 0.25) is 49.0 Å². The van der Waals surface area contributed by atoms with Crippen LogP contribution in [0.15, 0.2) is 142 Å². The molecule has 93 heavy (non-hydrogen) atoms. The summed E-state index contributed by atoms with van der Waals surface area (Å²) in [5.74, 6) is 2.75. The molecule has 6 aromatic rings. The maximum absolute atomic E-state index is 13.1. The van der Waals surface area contributed by atoms with E-state index in [1.807, 2.05) is 62.4 Å². The van der Waals surface area contributed by atoms with Gasteiger partial charge in [0.25, 0.3) is 9.05 Å². The van der Waals surface area contributed by atoms with Gasteiger partial charge in [0.1, 0.15) is 26.4 Å². The van der Waals surface area contributed by atoms with Crippen LogP contribution in [0.1, 0.15) is 92.6 Å². The van der Waals surface area contributed by atoms with E-state index in [1.165, 1.54) is 74.7 Å². The molecule has 12 rings (SSSR count). The van der Waals surface area contributed by atoms with E-state index >= 15 is 0 Å². The molecule has 31 heteroatoms. The van der Waals surface area contributed by atoms with Gasteiger partial charge in [-0.3, -0.25) is 12.9 Å². The number of sulfonamides is 3. The van der Waals surface area contributed by atoms with Crippen LogP contribution in [-0.4, -0.2) is 131 Å². The van der Waals surface area contributed by atoms with E-state index in [1.54, 1.807) is 36.2 Å². The highest BCUT2D eigenvalue weighted by Crippen LogP contribution is 2.40. The number of anilines is 3. The molecule has 0 aromatic heterocycles.